The van der Waals surface area contributed by atoms with E-state index in [9.17, 15) is 14.4 Å². The maximum atomic E-state index is 11.9. The van der Waals surface area contributed by atoms with Crippen molar-refractivity contribution in [3.8, 4) is 0 Å². The molecule has 2 unspecified atom stereocenters. The second-order valence-electron chi connectivity index (χ2n) is 5.30. The lowest BCUT2D eigenvalue weighted by molar-refractivity contribution is -0.165. The molecule has 0 aromatic rings. The van der Waals surface area contributed by atoms with Gasteiger partial charge in [0.05, 0.1) is 5.92 Å². The van der Waals surface area contributed by atoms with E-state index in [0.29, 0.717) is 0 Å². The molecular weight excluding hydrogens is 224 g/mol. The average molecular weight is 242 g/mol. The topological polar surface area (TPSA) is 89.7 Å². The van der Waals surface area contributed by atoms with Crippen LogP contribution in [0.25, 0.3) is 0 Å². The number of amides is 2. The summed E-state index contributed by atoms with van der Waals surface area (Å²) in [4.78, 5) is 36.3. The Labute approximate surface area is 100 Å². The number of likely N-dealkylation sites (N-methyl/N-ethyl adjacent to an activating group) is 1. The molecule has 17 heavy (non-hydrogen) atoms. The Morgan fingerprint density at radius 3 is 2.18 bits per heavy atom. The number of nitrogens with zero attached hydrogens (tertiary/aromatic N) is 1. The summed E-state index contributed by atoms with van der Waals surface area (Å²) >= 11 is 0. The van der Waals surface area contributed by atoms with Crippen LogP contribution in [-0.4, -0.2) is 40.9 Å². The zero-order chi connectivity index (χ0) is 13.6. The van der Waals surface area contributed by atoms with E-state index in [1.807, 2.05) is 0 Å². The van der Waals surface area contributed by atoms with E-state index in [2.05, 4.69) is 0 Å². The molecule has 0 radical (unpaired) electrons. The Kier molecular flexibility index (Phi) is 3.05. The SMILES string of the molecule is CC1C(=O)N(C)C(=O)C1(N)C(=O)OC(C)(C)C. The van der Waals surface area contributed by atoms with Crippen molar-refractivity contribution in [2.75, 3.05) is 7.05 Å². The Morgan fingerprint density at radius 1 is 1.41 bits per heavy atom. The van der Waals surface area contributed by atoms with Crippen LogP contribution < -0.4 is 5.73 Å². The van der Waals surface area contributed by atoms with Crippen LogP contribution in [0.5, 0.6) is 0 Å². The van der Waals surface area contributed by atoms with Crippen molar-refractivity contribution >= 4 is 17.8 Å². The molecule has 1 rings (SSSR count). The fourth-order valence-electron chi connectivity index (χ4n) is 1.67. The molecule has 2 N–H and O–H groups in total. The molecule has 0 spiro atoms. The highest BCUT2D eigenvalue weighted by Gasteiger charge is 2.60. The summed E-state index contributed by atoms with van der Waals surface area (Å²) in [5.41, 5.74) is 3.13. The van der Waals surface area contributed by atoms with Gasteiger partial charge in [-0.3, -0.25) is 14.5 Å². The minimum Gasteiger partial charge on any atom is -0.458 e. The summed E-state index contributed by atoms with van der Waals surface area (Å²) in [7, 11) is 1.31. The third kappa shape index (κ3) is 2.04. The van der Waals surface area contributed by atoms with Crippen molar-refractivity contribution in [2.45, 2.75) is 38.8 Å². The number of likely N-dealkylation sites (tertiary alicyclic amines) is 1. The number of nitrogens with two attached hydrogens (primary N) is 1. The first kappa shape index (κ1) is 13.6. The first-order valence-electron chi connectivity index (χ1n) is 5.36. The van der Waals surface area contributed by atoms with Crippen LogP contribution in [0.15, 0.2) is 0 Å². The van der Waals surface area contributed by atoms with Crippen molar-refractivity contribution in [3.63, 3.8) is 0 Å². The van der Waals surface area contributed by atoms with E-state index in [1.54, 1.807) is 20.8 Å². The molecule has 1 aliphatic heterocycles. The number of hydrogen-bond acceptors (Lipinski definition) is 5. The molecule has 2 atom stereocenters. The van der Waals surface area contributed by atoms with Gasteiger partial charge in [-0.2, -0.15) is 0 Å². The number of carbonyl (C=O) groups is 3. The van der Waals surface area contributed by atoms with Gasteiger partial charge in [0, 0.05) is 7.05 Å². The monoisotopic (exact) mass is 242 g/mol. The van der Waals surface area contributed by atoms with Crippen molar-refractivity contribution in [1.29, 1.82) is 0 Å². The van der Waals surface area contributed by atoms with Gasteiger partial charge in [0.1, 0.15) is 5.60 Å². The lowest BCUT2D eigenvalue weighted by Crippen LogP contribution is -2.59. The molecule has 96 valence electrons. The lowest BCUT2D eigenvalue weighted by Gasteiger charge is -2.28. The first-order chi connectivity index (χ1) is 7.51. The van der Waals surface area contributed by atoms with Gasteiger partial charge >= 0.3 is 5.97 Å². The maximum Gasteiger partial charge on any atom is 0.337 e. The fraction of sp³-hybridized carbons (Fsp3) is 0.727. The molecule has 0 aliphatic carbocycles. The third-order valence-corrected chi connectivity index (χ3v) is 2.78. The van der Waals surface area contributed by atoms with Gasteiger partial charge in [-0.25, -0.2) is 4.79 Å². The van der Waals surface area contributed by atoms with E-state index >= 15 is 0 Å². The zero-order valence-electron chi connectivity index (χ0n) is 10.7. The lowest BCUT2D eigenvalue weighted by atomic mass is 9.88. The number of rotatable bonds is 1. The molecule has 1 aliphatic rings. The predicted octanol–water partition coefficient (Wildman–Crippen LogP) is -0.340. The average Bonchev–Trinajstić information content (AvgIpc) is 2.33. The van der Waals surface area contributed by atoms with Gasteiger partial charge in [-0.05, 0) is 20.8 Å². The smallest absolute Gasteiger partial charge is 0.337 e. The molecule has 0 aromatic carbocycles. The molecule has 1 heterocycles. The Morgan fingerprint density at radius 2 is 1.88 bits per heavy atom. The number of carbonyl (C=O) groups excluding carboxylic acids is 3. The Balaban J connectivity index is 3.07. The van der Waals surface area contributed by atoms with Gasteiger partial charge < -0.3 is 10.5 Å². The summed E-state index contributed by atoms with van der Waals surface area (Å²) in [6.07, 6.45) is 0. The number of hydrogen-bond donors (Lipinski definition) is 1. The highest BCUT2D eigenvalue weighted by atomic mass is 16.6. The summed E-state index contributed by atoms with van der Waals surface area (Å²) in [5.74, 6) is -2.96. The predicted molar refractivity (Wildman–Crippen MR) is 59.7 cm³/mol. The van der Waals surface area contributed by atoms with Crippen molar-refractivity contribution in [3.05, 3.63) is 0 Å². The standard InChI is InChI=1S/C11H18N2O4/c1-6-7(14)13(5)8(15)11(6,12)9(16)17-10(2,3)4/h6H,12H2,1-5H3. The zero-order valence-corrected chi connectivity index (χ0v) is 10.7. The van der Waals surface area contributed by atoms with Crippen LogP contribution in [0.2, 0.25) is 0 Å². The molecular formula is C11H18N2O4. The van der Waals surface area contributed by atoms with E-state index in [0.717, 1.165) is 4.90 Å². The van der Waals surface area contributed by atoms with Crippen LogP contribution in [0.4, 0.5) is 0 Å². The largest absolute Gasteiger partial charge is 0.458 e. The minimum absolute atomic E-state index is 0.469. The quantitative estimate of drug-likeness (QED) is 0.386. The third-order valence-electron chi connectivity index (χ3n) is 2.78. The Hall–Kier alpha value is -1.43. The van der Waals surface area contributed by atoms with Gasteiger partial charge in [0.25, 0.3) is 5.91 Å². The summed E-state index contributed by atoms with van der Waals surface area (Å²) < 4.78 is 5.10. The van der Waals surface area contributed by atoms with E-state index in [-0.39, 0.29) is 0 Å². The van der Waals surface area contributed by atoms with Gasteiger partial charge in [-0.15, -0.1) is 0 Å². The molecule has 6 nitrogen and oxygen atoms in total. The van der Waals surface area contributed by atoms with E-state index in [1.165, 1.54) is 14.0 Å². The maximum absolute atomic E-state index is 11.9. The molecule has 0 bridgehead atoms. The van der Waals surface area contributed by atoms with Crippen molar-refractivity contribution < 1.29 is 19.1 Å². The van der Waals surface area contributed by atoms with Crippen LogP contribution >= 0.6 is 0 Å². The van der Waals surface area contributed by atoms with Crippen LogP contribution in [-0.2, 0) is 19.1 Å². The van der Waals surface area contributed by atoms with Gasteiger partial charge in [0.15, 0.2) is 0 Å². The van der Waals surface area contributed by atoms with E-state index in [4.69, 9.17) is 10.5 Å². The highest BCUT2D eigenvalue weighted by Crippen LogP contribution is 2.29. The van der Waals surface area contributed by atoms with Crippen molar-refractivity contribution in [2.24, 2.45) is 11.7 Å². The minimum atomic E-state index is -1.90. The Bertz CT molecular complexity index is 385. The first-order valence-corrected chi connectivity index (χ1v) is 5.36. The van der Waals surface area contributed by atoms with Gasteiger partial charge in [0.2, 0.25) is 11.4 Å². The van der Waals surface area contributed by atoms with E-state index < -0.39 is 34.8 Å². The van der Waals surface area contributed by atoms with Gasteiger partial charge in [-0.1, -0.05) is 6.92 Å². The second kappa shape index (κ2) is 3.80. The molecule has 1 fully saturated rings. The molecule has 0 aromatic heterocycles. The highest BCUT2D eigenvalue weighted by molar-refractivity contribution is 6.20. The summed E-state index contributed by atoms with van der Waals surface area (Å²) in [5, 5.41) is 0. The summed E-state index contributed by atoms with van der Waals surface area (Å²) in [6, 6.07) is 0. The number of imide groups is 1. The molecule has 2 amide bonds. The number of esters is 1. The van der Waals surface area contributed by atoms with Crippen LogP contribution in [0.3, 0.4) is 0 Å². The van der Waals surface area contributed by atoms with Crippen molar-refractivity contribution in [1.82, 2.24) is 4.90 Å². The fourth-order valence-corrected chi connectivity index (χ4v) is 1.67. The van der Waals surface area contributed by atoms with Crippen LogP contribution in [0.1, 0.15) is 27.7 Å². The second-order valence-corrected chi connectivity index (χ2v) is 5.30. The number of ether oxygens (including phenoxy) is 1. The summed E-state index contributed by atoms with van der Waals surface area (Å²) in [6.45, 7) is 6.46. The molecule has 0 saturated carbocycles. The molecule has 6 heteroatoms. The normalized spacial score (nSPS) is 29.8. The molecule has 1 saturated heterocycles. The van der Waals surface area contributed by atoms with Crippen LogP contribution in [0, 0.1) is 5.92 Å².